The summed E-state index contributed by atoms with van der Waals surface area (Å²) in [5.41, 5.74) is 2.73. The minimum Gasteiger partial charge on any atom is -0.350 e. The van der Waals surface area contributed by atoms with E-state index in [1.54, 1.807) is 0 Å². The fraction of sp³-hybridized carbons (Fsp3) is 0.250. The number of nitrogens with one attached hydrogen (secondary N) is 2. The van der Waals surface area contributed by atoms with Crippen LogP contribution in [-0.4, -0.2) is 17.4 Å². The Kier molecular flexibility index (Phi) is 1.98. The Morgan fingerprint density at radius 2 is 2.25 bits per heavy atom. The van der Waals surface area contributed by atoms with Gasteiger partial charge in [0, 0.05) is 28.4 Å². The van der Waals surface area contributed by atoms with Gasteiger partial charge < -0.3 is 10.3 Å². The molecule has 0 spiro atoms. The molecule has 2 N–H and O–H groups in total. The summed E-state index contributed by atoms with van der Waals surface area (Å²) >= 11 is 5.99. The number of amides is 1. The first-order valence-electron chi connectivity index (χ1n) is 5.26. The molecule has 1 aromatic carbocycles. The number of fused-ring (bicyclic) bond motifs is 3. The van der Waals surface area contributed by atoms with E-state index in [0.29, 0.717) is 23.2 Å². The Bertz CT molecular complexity index is 588. The molecular formula is C12H11ClN2O. The van der Waals surface area contributed by atoms with Gasteiger partial charge in [-0.2, -0.15) is 0 Å². The molecule has 0 bridgehead atoms. The van der Waals surface area contributed by atoms with E-state index >= 15 is 0 Å². The molecule has 1 atom stereocenters. The minimum absolute atomic E-state index is 0.0274. The van der Waals surface area contributed by atoms with Crippen molar-refractivity contribution in [3.05, 3.63) is 34.5 Å². The van der Waals surface area contributed by atoms with E-state index < -0.39 is 0 Å². The first kappa shape index (κ1) is 9.73. The molecule has 16 heavy (non-hydrogen) atoms. The molecule has 1 aromatic heterocycles. The van der Waals surface area contributed by atoms with Gasteiger partial charge in [0.05, 0.1) is 0 Å². The second-order valence-electron chi connectivity index (χ2n) is 4.21. The zero-order valence-electron chi connectivity index (χ0n) is 8.80. The van der Waals surface area contributed by atoms with Crippen LogP contribution in [0, 0.1) is 0 Å². The standard InChI is InChI=1S/C12H11ClN2O/c1-6-5-14-12(16)11-10(6)8-4-7(13)2-3-9(8)15-11/h2-4,6,15H,5H2,1H3,(H,14,16). The zero-order chi connectivity index (χ0) is 11.3. The molecule has 0 radical (unpaired) electrons. The summed E-state index contributed by atoms with van der Waals surface area (Å²) in [6.07, 6.45) is 0. The minimum atomic E-state index is -0.0274. The summed E-state index contributed by atoms with van der Waals surface area (Å²) < 4.78 is 0. The van der Waals surface area contributed by atoms with E-state index in [-0.39, 0.29) is 5.91 Å². The molecule has 1 aliphatic rings. The van der Waals surface area contributed by atoms with Crippen LogP contribution in [0.4, 0.5) is 0 Å². The molecule has 0 saturated carbocycles. The van der Waals surface area contributed by atoms with E-state index in [9.17, 15) is 4.79 Å². The Hall–Kier alpha value is -1.48. The second-order valence-corrected chi connectivity index (χ2v) is 4.65. The molecule has 2 heterocycles. The Labute approximate surface area is 97.8 Å². The monoisotopic (exact) mass is 234 g/mol. The van der Waals surface area contributed by atoms with Crippen LogP contribution in [0.3, 0.4) is 0 Å². The number of hydrogen-bond acceptors (Lipinski definition) is 1. The maximum absolute atomic E-state index is 11.7. The molecule has 1 aliphatic heterocycles. The molecule has 3 nitrogen and oxygen atoms in total. The number of hydrogen-bond donors (Lipinski definition) is 2. The van der Waals surface area contributed by atoms with Gasteiger partial charge in [-0.3, -0.25) is 4.79 Å². The highest BCUT2D eigenvalue weighted by molar-refractivity contribution is 6.31. The van der Waals surface area contributed by atoms with Crippen LogP contribution in [0.5, 0.6) is 0 Å². The van der Waals surface area contributed by atoms with Crippen molar-refractivity contribution >= 4 is 28.4 Å². The Morgan fingerprint density at radius 3 is 3.06 bits per heavy atom. The maximum Gasteiger partial charge on any atom is 0.268 e. The quantitative estimate of drug-likeness (QED) is 0.723. The van der Waals surface area contributed by atoms with E-state index in [1.165, 1.54) is 0 Å². The Morgan fingerprint density at radius 1 is 1.44 bits per heavy atom. The predicted molar refractivity (Wildman–Crippen MR) is 64.1 cm³/mol. The van der Waals surface area contributed by atoms with Crippen molar-refractivity contribution in [3.8, 4) is 0 Å². The fourth-order valence-electron chi connectivity index (χ4n) is 2.31. The van der Waals surface area contributed by atoms with Gasteiger partial charge in [0.15, 0.2) is 0 Å². The number of aromatic amines is 1. The topological polar surface area (TPSA) is 44.9 Å². The van der Waals surface area contributed by atoms with Crippen molar-refractivity contribution in [3.63, 3.8) is 0 Å². The van der Waals surface area contributed by atoms with Crippen LogP contribution in [0.1, 0.15) is 28.9 Å². The summed E-state index contributed by atoms with van der Waals surface area (Å²) in [6, 6.07) is 5.66. The second kappa shape index (κ2) is 3.25. The fourth-order valence-corrected chi connectivity index (χ4v) is 2.48. The molecule has 82 valence electrons. The van der Waals surface area contributed by atoms with Crippen LogP contribution in [0.2, 0.25) is 5.02 Å². The molecule has 0 aliphatic carbocycles. The normalized spacial score (nSPS) is 19.6. The molecule has 2 aromatic rings. The molecule has 1 amide bonds. The van der Waals surface area contributed by atoms with Crippen molar-refractivity contribution in [1.29, 1.82) is 0 Å². The molecule has 3 rings (SSSR count). The SMILES string of the molecule is CC1CNC(=O)c2[nH]c3ccc(Cl)cc3c21. The van der Waals surface area contributed by atoms with Crippen molar-refractivity contribution in [1.82, 2.24) is 10.3 Å². The summed E-state index contributed by atoms with van der Waals surface area (Å²) in [7, 11) is 0. The third-order valence-electron chi connectivity index (χ3n) is 3.09. The van der Waals surface area contributed by atoms with Crippen molar-refractivity contribution < 1.29 is 4.79 Å². The van der Waals surface area contributed by atoms with Gasteiger partial charge in [-0.1, -0.05) is 18.5 Å². The van der Waals surface area contributed by atoms with Crippen LogP contribution < -0.4 is 5.32 Å². The van der Waals surface area contributed by atoms with Gasteiger partial charge >= 0.3 is 0 Å². The van der Waals surface area contributed by atoms with E-state index in [1.807, 2.05) is 18.2 Å². The van der Waals surface area contributed by atoms with Crippen molar-refractivity contribution in [2.24, 2.45) is 0 Å². The smallest absolute Gasteiger partial charge is 0.268 e. The lowest BCUT2D eigenvalue weighted by Crippen LogP contribution is -2.33. The lowest BCUT2D eigenvalue weighted by Gasteiger charge is -2.19. The number of rotatable bonds is 0. The first-order valence-corrected chi connectivity index (χ1v) is 5.64. The number of carbonyl (C=O) groups is 1. The average molecular weight is 235 g/mol. The van der Waals surface area contributed by atoms with Crippen LogP contribution >= 0.6 is 11.6 Å². The average Bonchev–Trinajstić information content (AvgIpc) is 2.63. The number of aromatic nitrogens is 1. The number of H-pyrrole nitrogens is 1. The third-order valence-corrected chi connectivity index (χ3v) is 3.32. The van der Waals surface area contributed by atoms with Crippen LogP contribution in [-0.2, 0) is 0 Å². The summed E-state index contributed by atoms with van der Waals surface area (Å²) in [5.74, 6) is 0.292. The summed E-state index contributed by atoms with van der Waals surface area (Å²) in [4.78, 5) is 14.9. The van der Waals surface area contributed by atoms with Gasteiger partial charge in [-0.15, -0.1) is 0 Å². The molecule has 0 fully saturated rings. The molecule has 0 saturated heterocycles. The van der Waals surface area contributed by atoms with E-state index in [2.05, 4.69) is 17.2 Å². The lowest BCUT2D eigenvalue weighted by molar-refractivity contribution is 0.0937. The van der Waals surface area contributed by atoms with Gasteiger partial charge in [0.25, 0.3) is 5.91 Å². The highest BCUT2D eigenvalue weighted by Gasteiger charge is 2.26. The molecule has 4 heteroatoms. The van der Waals surface area contributed by atoms with Crippen molar-refractivity contribution in [2.45, 2.75) is 12.8 Å². The van der Waals surface area contributed by atoms with Gasteiger partial charge in [-0.25, -0.2) is 0 Å². The molecular weight excluding hydrogens is 224 g/mol. The zero-order valence-corrected chi connectivity index (χ0v) is 9.56. The predicted octanol–water partition coefficient (Wildman–Crippen LogP) is 2.67. The van der Waals surface area contributed by atoms with Gasteiger partial charge in [0.2, 0.25) is 0 Å². The van der Waals surface area contributed by atoms with E-state index in [0.717, 1.165) is 16.5 Å². The number of halogens is 1. The summed E-state index contributed by atoms with van der Waals surface area (Å²) in [5, 5.41) is 4.62. The van der Waals surface area contributed by atoms with Gasteiger partial charge in [0.1, 0.15) is 5.69 Å². The van der Waals surface area contributed by atoms with E-state index in [4.69, 9.17) is 11.6 Å². The number of carbonyl (C=O) groups excluding carboxylic acids is 1. The lowest BCUT2D eigenvalue weighted by atomic mass is 9.94. The van der Waals surface area contributed by atoms with Gasteiger partial charge in [-0.05, 0) is 23.8 Å². The maximum atomic E-state index is 11.7. The number of benzene rings is 1. The highest BCUT2D eigenvalue weighted by Crippen LogP contribution is 2.32. The van der Waals surface area contributed by atoms with Crippen molar-refractivity contribution in [2.75, 3.05) is 6.54 Å². The van der Waals surface area contributed by atoms with Crippen LogP contribution in [0.25, 0.3) is 10.9 Å². The van der Waals surface area contributed by atoms with Crippen LogP contribution in [0.15, 0.2) is 18.2 Å². The highest BCUT2D eigenvalue weighted by atomic mass is 35.5. The molecule has 1 unspecified atom stereocenters. The summed E-state index contributed by atoms with van der Waals surface area (Å²) in [6.45, 7) is 2.79. The first-order chi connectivity index (χ1) is 7.66. The third kappa shape index (κ3) is 1.25. The Balaban J connectivity index is 2.38. The largest absolute Gasteiger partial charge is 0.350 e.